The van der Waals surface area contributed by atoms with E-state index in [4.69, 9.17) is 9.15 Å². The van der Waals surface area contributed by atoms with Crippen LogP contribution in [0.1, 0.15) is 26.3 Å². The number of hydrogen-bond donors (Lipinski definition) is 1. The molecule has 1 amide bonds. The highest BCUT2D eigenvalue weighted by Crippen LogP contribution is 2.24. The van der Waals surface area contributed by atoms with Crippen molar-refractivity contribution < 1.29 is 18.7 Å². The van der Waals surface area contributed by atoms with Gasteiger partial charge in [-0.3, -0.25) is 4.79 Å². The monoisotopic (exact) mass is 413 g/mol. The van der Waals surface area contributed by atoms with Crippen LogP contribution in [0.2, 0.25) is 0 Å². The number of methoxy groups -OCH3 is 1. The number of carbonyl (C=O) groups is 2. The van der Waals surface area contributed by atoms with Crippen LogP contribution in [0.3, 0.4) is 0 Å². The molecule has 0 radical (unpaired) electrons. The third kappa shape index (κ3) is 4.51. The molecule has 4 rings (SSSR count). The number of nitrogens with zero attached hydrogens (tertiary/aromatic N) is 2. The van der Waals surface area contributed by atoms with Crippen LogP contribution in [-0.2, 0) is 4.74 Å². The molecule has 0 bridgehead atoms. The lowest BCUT2D eigenvalue weighted by atomic mass is 10.1. The zero-order chi connectivity index (χ0) is 21.8. The summed E-state index contributed by atoms with van der Waals surface area (Å²) in [5.41, 5.74) is 4.00. The lowest BCUT2D eigenvalue weighted by Gasteiger charge is -2.07. The van der Waals surface area contributed by atoms with Crippen LogP contribution in [0.5, 0.6) is 0 Å². The van der Waals surface area contributed by atoms with Gasteiger partial charge < -0.3 is 14.5 Å². The Balaban J connectivity index is 1.48. The van der Waals surface area contributed by atoms with Gasteiger partial charge in [0.1, 0.15) is 0 Å². The Morgan fingerprint density at radius 2 is 1.45 bits per heavy atom. The minimum atomic E-state index is -0.468. The zero-order valence-electron chi connectivity index (χ0n) is 17.0. The fourth-order valence-electron chi connectivity index (χ4n) is 2.96. The summed E-state index contributed by atoms with van der Waals surface area (Å²) in [6.07, 6.45) is 0. The van der Waals surface area contributed by atoms with Crippen molar-refractivity contribution >= 4 is 17.6 Å². The fourth-order valence-corrected chi connectivity index (χ4v) is 2.96. The van der Waals surface area contributed by atoms with Crippen LogP contribution in [0.25, 0.3) is 22.9 Å². The number of nitrogens with one attached hydrogen (secondary N) is 1. The summed E-state index contributed by atoms with van der Waals surface area (Å²) < 4.78 is 10.5. The second kappa shape index (κ2) is 8.62. The van der Waals surface area contributed by atoms with Crippen LogP contribution < -0.4 is 5.32 Å². The number of hydrogen-bond acceptors (Lipinski definition) is 6. The fraction of sp³-hybridized carbons (Fsp3) is 0.0833. The van der Waals surface area contributed by atoms with Crippen molar-refractivity contribution in [2.75, 3.05) is 12.4 Å². The molecule has 7 nitrogen and oxygen atoms in total. The van der Waals surface area contributed by atoms with E-state index in [0.717, 1.165) is 11.1 Å². The molecule has 0 aliphatic carbocycles. The number of ether oxygens (including phenoxy) is 1. The number of anilines is 1. The molecule has 1 N–H and O–H groups in total. The topological polar surface area (TPSA) is 94.3 Å². The Morgan fingerprint density at radius 3 is 2.06 bits per heavy atom. The van der Waals surface area contributed by atoms with E-state index in [0.29, 0.717) is 34.2 Å². The largest absolute Gasteiger partial charge is 0.465 e. The summed E-state index contributed by atoms with van der Waals surface area (Å²) in [4.78, 5) is 24.2. The Bertz CT molecular complexity index is 1230. The lowest BCUT2D eigenvalue weighted by Crippen LogP contribution is -2.12. The van der Waals surface area contributed by atoms with E-state index in [1.807, 2.05) is 31.2 Å². The molecule has 31 heavy (non-hydrogen) atoms. The first-order chi connectivity index (χ1) is 15.0. The maximum Gasteiger partial charge on any atom is 0.337 e. The molecule has 0 fully saturated rings. The molecule has 0 saturated heterocycles. The van der Waals surface area contributed by atoms with E-state index in [1.54, 1.807) is 48.5 Å². The van der Waals surface area contributed by atoms with Crippen molar-refractivity contribution in [2.45, 2.75) is 6.92 Å². The summed E-state index contributed by atoms with van der Waals surface area (Å²) >= 11 is 0. The van der Waals surface area contributed by atoms with E-state index in [9.17, 15) is 9.59 Å². The highest BCUT2D eigenvalue weighted by Gasteiger charge is 2.13. The Morgan fingerprint density at radius 1 is 0.839 bits per heavy atom. The third-order valence-corrected chi connectivity index (χ3v) is 4.66. The van der Waals surface area contributed by atoms with Gasteiger partial charge >= 0.3 is 5.97 Å². The van der Waals surface area contributed by atoms with E-state index in [2.05, 4.69) is 15.5 Å². The Hall–Kier alpha value is -4.26. The molecule has 0 aliphatic heterocycles. The van der Waals surface area contributed by atoms with Crippen molar-refractivity contribution in [1.82, 2.24) is 10.2 Å². The average molecular weight is 413 g/mol. The Labute approximate surface area is 178 Å². The first-order valence-corrected chi connectivity index (χ1v) is 9.54. The normalized spacial score (nSPS) is 10.5. The minimum Gasteiger partial charge on any atom is -0.465 e. The van der Waals surface area contributed by atoms with Gasteiger partial charge in [0.05, 0.1) is 12.7 Å². The van der Waals surface area contributed by atoms with Crippen LogP contribution in [0.15, 0.2) is 77.2 Å². The van der Waals surface area contributed by atoms with Gasteiger partial charge in [0.15, 0.2) is 0 Å². The summed E-state index contributed by atoms with van der Waals surface area (Å²) in [6.45, 7) is 2.01. The summed E-state index contributed by atoms with van der Waals surface area (Å²) in [6, 6.07) is 21.2. The van der Waals surface area contributed by atoms with Crippen LogP contribution >= 0.6 is 0 Å². The van der Waals surface area contributed by atoms with Gasteiger partial charge in [0.2, 0.25) is 11.8 Å². The predicted molar refractivity (Wildman–Crippen MR) is 116 cm³/mol. The van der Waals surface area contributed by atoms with Gasteiger partial charge in [-0.25, -0.2) is 4.79 Å². The maximum absolute atomic E-state index is 12.6. The Kier molecular flexibility index (Phi) is 5.57. The molecule has 1 aromatic heterocycles. The molecular formula is C24H19N3O4. The molecule has 4 aromatic rings. The van der Waals surface area contributed by atoms with Crippen LogP contribution in [-0.4, -0.2) is 29.2 Å². The molecule has 154 valence electrons. The number of aryl methyl sites for hydroxylation is 1. The number of aromatic nitrogens is 2. The predicted octanol–water partition coefficient (Wildman–Crippen LogP) is 4.75. The smallest absolute Gasteiger partial charge is 0.337 e. The van der Waals surface area contributed by atoms with Crippen molar-refractivity contribution in [3.05, 3.63) is 89.5 Å². The summed E-state index contributed by atoms with van der Waals surface area (Å²) in [7, 11) is 1.31. The third-order valence-electron chi connectivity index (χ3n) is 4.66. The standard InChI is InChI=1S/C24H19N3O4/c1-15-6-8-17(9-7-15)22-26-27-23(31-22)18-12-10-16(11-13-18)21(28)25-20-5-3-4-19(14-20)24(29)30-2/h3-14H,1-2H3,(H,25,28). The molecule has 3 aromatic carbocycles. The van der Waals surface area contributed by atoms with Gasteiger partial charge in [0, 0.05) is 22.4 Å². The van der Waals surface area contributed by atoms with Crippen LogP contribution in [0.4, 0.5) is 5.69 Å². The van der Waals surface area contributed by atoms with Gasteiger partial charge in [-0.05, 0) is 61.5 Å². The molecule has 0 saturated carbocycles. The van der Waals surface area contributed by atoms with Gasteiger partial charge in [-0.1, -0.05) is 23.8 Å². The first kappa shape index (κ1) is 20.0. The van der Waals surface area contributed by atoms with Gasteiger partial charge in [-0.15, -0.1) is 10.2 Å². The number of rotatable bonds is 5. The van der Waals surface area contributed by atoms with Crippen molar-refractivity contribution in [2.24, 2.45) is 0 Å². The molecule has 0 aliphatic rings. The number of amides is 1. The van der Waals surface area contributed by atoms with Crippen molar-refractivity contribution in [1.29, 1.82) is 0 Å². The van der Waals surface area contributed by atoms with Crippen molar-refractivity contribution in [3.8, 4) is 22.9 Å². The summed E-state index contributed by atoms with van der Waals surface area (Å²) in [5, 5.41) is 11.0. The molecular weight excluding hydrogens is 394 g/mol. The van der Waals surface area contributed by atoms with E-state index < -0.39 is 5.97 Å². The number of benzene rings is 3. The second-order valence-electron chi connectivity index (χ2n) is 6.88. The number of carbonyl (C=O) groups excluding carboxylic acids is 2. The van der Waals surface area contributed by atoms with Crippen molar-refractivity contribution in [3.63, 3.8) is 0 Å². The van der Waals surface area contributed by atoms with E-state index >= 15 is 0 Å². The van der Waals surface area contributed by atoms with Gasteiger partial charge in [0.25, 0.3) is 5.91 Å². The highest BCUT2D eigenvalue weighted by atomic mass is 16.5. The van der Waals surface area contributed by atoms with Gasteiger partial charge in [-0.2, -0.15) is 0 Å². The average Bonchev–Trinajstić information content (AvgIpc) is 3.29. The number of esters is 1. The highest BCUT2D eigenvalue weighted by molar-refractivity contribution is 6.05. The zero-order valence-corrected chi connectivity index (χ0v) is 17.0. The molecule has 0 atom stereocenters. The molecule has 1 heterocycles. The quantitative estimate of drug-likeness (QED) is 0.475. The second-order valence-corrected chi connectivity index (χ2v) is 6.88. The minimum absolute atomic E-state index is 0.306. The molecule has 0 unspecified atom stereocenters. The van der Waals surface area contributed by atoms with Crippen LogP contribution in [0, 0.1) is 6.92 Å². The summed E-state index contributed by atoms with van der Waals surface area (Å²) in [5.74, 6) is 0.0278. The molecule has 0 spiro atoms. The lowest BCUT2D eigenvalue weighted by molar-refractivity contribution is 0.0600. The maximum atomic E-state index is 12.6. The first-order valence-electron chi connectivity index (χ1n) is 9.54. The van der Waals surface area contributed by atoms with E-state index in [-0.39, 0.29) is 5.91 Å². The van der Waals surface area contributed by atoms with E-state index in [1.165, 1.54) is 7.11 Å². The molecule has 7 heteroatoms. The SMILES string of the molecule is COC(=O)c1cccc(NC(=O)c2ccc(-c3nnc(-c4ccc(C)cc4)o3)cc2)c1.